The van der Waals surface area contributed by atoms with Crippen molar-refractivity contribution in [2.75, 3.05) is 26.2 Å². The van der Waals surface area contributed by atoms with Crippen LogP contribution in [-0.4, -0.2) is 54.1 Å². The van der Waals surface area contributed by atoms with E-state index in [-0.39, 0.29) is 12.2 Å². The molecule has 0 aromatic carbocycles. The molecule has 2 unspecified atom stereocenters. The second-order valence-corrected chi connectivity index (χ2v) is 6.68. The Morgan fingerprint density at radius 1 is 1.25 bits per heavy atom. The first kappa shape index (κ1) is 15.8. The van der Waals surface area contributed by atoms with E-state index in [1.165, 1.54) is 25.9 Å². The van der Waals surface area contributed by atoms with Gasteiger partial charge in [-0.25, -0.2) is 0 Å². The Hall–Kier alpha value is -0.610. The highest BCUT2D eigenvalue weighted by molar-refractivity contribution is 5.84. The maximum Gasteiger partial charge on any atom is 0.241 e. The number of carbonyl (C=O) groups is 1. The zero-order valence-electron chi connectivity index (χ0n) is 13.6. The van der Waals surface area contributed by atoms with Crippen molar-refractivity contribution in [1.82, 2.24) is 15.1 Å². The first-order valence-corrected chi connectivity index (χ1v) is 8.35. The van der Waals surface area contributed by atoms with Crippen LogP contribution in [0.4, 0.5) is 0 Å². The lowest BCUT2D eigenvalue weighted by molar-refractivity contribution is -0.131. The van der Waals surface area contributed by atoms with Crippen LogP contribution in [0, 0.1) is 11.8 Å². The van der Waals surface area contributed by atoms with Gasteiger partial charge in [0.05, 0.1) is 12.2 Å². The lowest BCUT2D eigenvalue weighted by Gasteiger charge is -2.35. The molecule has 116 valence electrons. The predicted molar refractivity (Wildman–Crippen MR) is 82.4 cm³/mol. The van der Waals surface area contributed by atoms with Crippen LogP contribution in [0.1, 0.15) is 47.0 Å². The average molecular weight is 281 g/mol. The quantitative estimate of drug-likeness (QED) is 0.836. The third-order valence-electron chi connectivity index (χ3n) is 4.94. The molecule has 1 N–H and O–H groups in total. The number of likely N-dealkylation sites (tertiary alicyclic amines) is 1. The standard InChI is InChI=1S/C16H31N3O/c1-5-14-16(20)19(15(17-14)12(3)4)11-13-7-9-18(6-2)10-8-13/h12-15,17H,5-11H2,1-4H3. The molecule has 0 bridgehead atoms. The van der Waals surface area contributed by atoms with Gasteiger partial charge in [0.1, 0.15) is 0 Å². The molecule has 4 heteroatoms. The summed E-state index contributed by atoms with van der Waals surface area (Å²) < 4.78 is 0. The summed E-state index contributed by atoms with van der Waals surface area (Å²) >= 11 is 0. The van der Waals surface area contributed by atoms with Gasteiger partial charge >= 0.3 is 0 Å². The van der Waals surface area contributed by atoms with Crippen LogP contribution in [0.15, 0.2) is 0 Å². The minimum atomic E-state index is 0.0399. The monoisotopic (exact) mass is 281 g/mol. The molecule has 1 amide bonds. The van der Waals surface area contributed by atoms with E-state index in [1.54, 1.807) is 0 Å². The van der Waals surface area contributed by atoms with Crippen molar-refractivity contribution in [2.24, 2.45) is 11.8 Å². The number of nitrogens with zero attached hydrogens (tertiary/aromatic N) is 2. The molecule has 0 aromatic rings. The maximum absolute atomic E-state index is 12.5. The zero-order chi connectivity index (χ0) is 14.7. The number of nitrogens with one attached hydrogen (secondary N) is 1. The van der Waals surface area contributed by atoms with Crippen molar-refractivity contribution in [3.8, 4) is 0 Å². The molecule has 4 nitrogen and oxygen atoms in total. The molecule has 2 aliphatic heterocycles. The number of amides is 1. The van der Waals surface area contributed by atoms with Crippen molar-refractivity contribution >= 4 is 5.91 Å². The van der Waals surface area contributed by atoms with Gasteiger partial charge in [0.2, 0.25) is 5.91 Å². The maximum atomic E-state index is 12.5. The molecule has 2 fully saturated rings. The summed E-state index contributed by atoms with van der Waals surface area (Å²) in [7, 11) is 0. The second-order valence-electron chi connectivity index (χ2n) is 6.68. The van der Waals surface area contributed by atoms with Gasteiger partial charge < -0.3 is 9.80 Å². The minimum Gasteiger partial charge on any atom is -0.325 e. The lowest BCUT2D eigenvalue weighted by Crippen LogP contribution is -2.45. The van der Waals surface area contributed by atoms with Crippen molar-refractivity contribution in [3.63, 3.8) is 0 Å². The van der Waals surface area contributed by atoms with E-state index in [4.69, 9.17) is 0 Å². The second kappa shape index (κ2) is 6.90. The summed E-state index contributed by atoms with van der Waals surface area (Å²) in [5, 5.41) is 3.52. The third kappa shape index (κ3) is 3.34. The number of hydrogen-bond donors (Lipinski definition) is 1. The molecule has 2 saturated heterocycles. The van der Waals surface area contributed by atoms with Crippen molar-refractivity contribution in [3.05, 3.63) is 0 Å². The van der Waals surface area contributed by atoms with E-state index in [9.17, 15) is 4.79 Å². The molecule has 0 aromatic heterocycles. The Morgan fingerprint density at radius 2 is 1.90 bits per heavy atom. The summed E-state index contributed by atoms with van der Waals surface area (Å²) in [6.45, 7) is 13.2. The number of carbonyl (C=O) groups excluding carboxylic acids is 1. The highest BCUT2D eigenvalue weighted by Gasteiger charge is 2.40. The summed E-state index contributed by atoms with van der Waals surface area (Å²) in [6, 6.07) is 0.0399. The summed E-state index contributed by atoms with van der Waals surface area (Å²) in [6.07, 6.45) is 3.60. The van der Waals surface area contributed by atoms with E-state index in [2.05, 4.69) is 42.8 Å². The fraction of sp³-hybridized carbons (Fsp3) is 0.938. The third-order valence-corrected chi connectivity index (χ3v) is 4.94. The Bertz CT molecular complexity index is 324. The highest BCUT2D eigenvalue weighted by Crippen LogP contribution is 2.24. The summed E-state index contributed by atoms with van der Waals surface area (Å²) in [4.78, 5) is 17.1. The van der Waals surface area contributed by atoms with Crippen LogP contribution in [0.2, 0.25) is 0 Å². The first-order valence-electron chi connectivity index (χ1n) is 8.35. The Morgan fingerprint density at radius 3 is 2.40 bits per heavy atom. The van der Waals surface area contributed by atoms with Gasteiger partial charge in [-0.1, -0.05) is 27.7 Å². The average Bonchev–Trinajstić information content (AvgIpc) is 2.77. The van der Waals surface area contributed by atoms with Crippen LogP contribution < -0.4 is 5.32 Å². The summed E-state index contributed by atoms with van der Waals surface area (Å²) in [5.74, 6) is 1.48. The molecular weight excluding hydrogens is 250 g/mol. The number of piperidine rings is 1. The summed E-state index contributed by atoms with van der Waals surface area (Å²) in [5.41, 5.74) is 0. The topological polar surface area (TPSA) is 35.6 Å². The highest BCUT2D eigenvalue weighted by atomic mass is 16.2. The Kier molecular flexibility index (Phi) is 5.44. The fourth-order valence-corrected chi connectivity index (χ4v) is 3.52. The Balaban J connectivity index is 1.94. The molecular formula is C16H31N3O. The first-order chi connectivity index (χ1) is 9.56. The molecule has 2 atom stereocenters. The van der Waals surface area contributed by atoms with E-state index < -0.39 is 0 Å². The molecule has 0 aliphatic carbocycles. The smallest absolute Gasteiger partial charge is 0.241 e. The van der Waals surface area contributed by atoms with Crippen LogP contribution >= 0.6 is 0 Å². The molecule has 0 radical (unpaired) electrons. The number of rotatable bonds is 5. The van der Waals surface area contributed by atoms with Gasteiger partial charge in [-0.05, 0) is 50.7 Å². The Labute approximate surface area is 123 Å². The van der Waals surface area contributed by atoms with Gasteiger partial charge in [-0.3, -0.25) is 10.1 Å². The van der Waals surface area contributed by atoms with Crippen molar-refractivity contribution in [2.45, 2.75) is 59.2 Å². The van der Waals surface area contributed by atoms with Gasteiger partial charge in [0.25, 0.3) is 0 Å². The van der Waals surface area contributed by atoms with E-state index in [0.29, 0.717) is 17.7 Å². The van der Waals surface area contributed by atoms with Crippen LogP contribution in [0.5, 0.6) is 0 Å². The molecule has 0 spiro atoms. The van der Waals surface area contributed by atoms with Gasteiger partial charge in [0, 0.05) is 6.54 Å². The molecule has 2 heterocycles. The normalized spacial score (nSPS) is 29.6. The molecule has 0 saturated carbocycles. The van der Waals surface area contributed by atoms with Gasteiger partial charge in [-0.2, -0.15) is 0 Å². The van der Waals surface area contributed by atoms with E-state index in [1.807, 2.05) is 0 Å². The zero-order valence-corrected chi connectivity index (χ0v) is 13.6. The van der Waals surface area contributed by atoms with Gasteiger partial charge in [0.15, 0.2) is 0 Å². The van der Waals surface area contributed by atoms with Gasteiger partial charge in [-0.15, -0.1) is 0 Å². The molecule has 2 aliphatic rings. The van der Waals surface area contributed by atoms with Crippen molar-refractivity contribution < 1.29 is 4.79 Å². The largest absolute Gasteiger partial charge is 0.325 e. The number of hydrogen-bond acceptors (Lipinski definition) is 3. The fourth-order valence-electron chi connectivity index (χ4n) is 3.52. The predicted octanol–water partition coefficient (Wildman–Crippen LogP) is 1.91. The minimum absolute atomic E-state index is 0.0399. The lowest BCUT2D eigenvalue weighted by atomic mass is 9.95. The van der Waals surface area contributed by atoms with Crippen LogP contribution in [0.3, 0.4) is 0 Å². The molecule has 20 heavy (non-hydrogen) atoms. The SMILES string of the molecule is CCC1NC(C(C)C)N(CC2CCN(CC)CC2)C1=O. The van der Waals surface area contributed by atoms with E-state index in [0.717, 1.165) is 19.5 Å². The van der Waals surface area contributed by atoms with E-state index >= 15 is 0 Å². The van der Waals surface area contributed by atoms with Crippen LogP contribution in [0.25, 0.3) is 0 Å². The van der Waals surface area contributed by atoms with Crippen molar-refractivity contribution in [1.29, 1.82) is 0 Å². The molecule has 2 rings (SSSR count). The van der Waals surface area contributed by atoms with Crippen LogP contribution in [-0.2, 0) is 4.79 Å².